The quantitative estimate of drug-likeness (QED) is 0.806. The Kier molecular flexibility index (Phi) is 3.71. The predicted octanol–water partition coefficient (Wildman–Crippen LogP) is 4.53. The molecule has 0 unspecified atom stereocenters. The van der Waals surface area contributed by atoms with E-state index in [9.17, 15) is 13.2 Å². The summed E-state index contributed by atoms with van der Waals surface area (Å²) in [5, 5.41) is 0.544. The van der Waals surface area contributed by atoms with Gasteiger partial charge >= 0.3 is 6.18 Å². The van der Waals surface area contributed by atoms with Gasteiger partial charge in [0.2, 0.25) is 0 Å². The summed E-state index contributed by atoms with van der Waals surface area (Å²) in [5.74, 6) is 0. The van der Waals surface area contributed by atoms with Gasteiger partial charge in [-0.25, -0.2) is 0 Å². The van der Waals surface area contributed by atoms with Crippen LogP contribution in [0.1, 0.15) is 16.7 Å². The van der Waals surface area contributed by atoms with Crippen LogP contribution in [-0.4, -0.2) is 0 Å². The minimum absolute atomic E-state index is 0.227. The topological polar surface area (TPSA) is 26.0 Å². The van der Waals surface area contributed by atoms with E-state index < -0.39 is 11.7 Å². The van der Waals surface area contributed by atoms with Crippen LogP contribution in [0.15, 0.2) is 42.5 Å². The maximum atomic E-state index is 12.7. The molecule has 1 nitrogen and oxygen atoms in total. The van der Waals surface area contributed by atoms with Crippen molar-refractivity contribution < 1.29 is 13.2 Å². The van der Waals surface area contributed by atoms with E-state index in [0.717, 1.165) is 11.6 Å². The minimum atomic E-state index is -4.44. The molecule has 0 aliphatic rings. The molecule has 2 aromatic carbocycles. The van der Waals surface area contributed by atoms with E-state index in [1.165, 1.54) is 6.07 Å². The van der Waals surface area contributed by atoms with Crippen molar-refractivity contribution in [2.24, 2.45) is 0 Å². The van der Waals surface area contributed by atoms with Gasteiger partial charge in [-0.2, -0.15) is 13.2 Å². The molecular weight excluding hydrogens is 275 g/mol. The first kappa shape index (κ1) is 13.7. The van der Waals surface area contributed by atoms with E-state index in [4.69, 9.17) is 17.3 Å². The standard InChI is InChI=1S/C14H11ClF3N/c15-11-5-1-3-9(8-11)7-10-4-2-6-12(13(10)19)14(16,17)18/h1-6,8H,7,19H2. The Morgan fingerprint density at radius 1 is 1.05 bits per heavy atom. The number of nitrogens with two attached hydrogens (primary N) is 1. The summed E-state index contributed by atoms with van der Waals surface area (Å²) in [6.45, 7) is 0. The second-order valence-corrected chi connectivity index (χ2v) is 4.62. The lowest BCUT2D eigenvalue weighted by Gasteiger charge is -2.13. The molecule has 0 bridgehead atoms. The third kappa shape index (κ3) is 3.20. The van der Waals surface area contributed by atoms with Gasteiger partial charge < -0.3 is 5.73 Å². The van der Waals surface area contributed by atoms with Crippen molar-refractivity contribution in [1.82, 2.24) is 0 Å². The normalized spacial score (nSPS) is 11.6. The van der Waals surface area contributed by atoms with Gasteiger partial charge in [0.05, 0.1) is 5.56 Å². The van der Waals surface area contributed by atoms with Crippen LogP contribution < -0.4 is 5.73 Å². The average molecular weight is 286 g/mol. The molecule has 0 fully saturated rings. The minimum Gasteiger partial charge on any atom is -0.398 e. The van der Waals surface area contributed by atoms with Crippen LogP contribution in [0.3, 0.4) is 0 Å². The summed E-state index contributed by atoms with van der Waals surface area (Å²) < 4.78 is 38.2. The molecule has 100 valence electrons. The fraction of sp³-hybridized carbons (Fsp3) is 0.143. The number of nitrogen functional groups attached to an aromatic ring is 1. The molecule has 5 heteroatoms. The van der Waals surface area contributed by atoms with Gasteiger partial charge in [-0.15, -0.1) is 0 Å². The van der Waals surface area contributed by atoms with E-state index in [2.05, 4.69) is 0 Å². The number of halogens is 4. The van der Waals surface area contributed by atoms with Gasteiger partial charge in [0.1, 0.15) is 0 Å². The Bertz CT molecular complexity index is 593. The highest BCUT2D eigenvalue weighted by molar-refractivity contribution is 6.30. The van der Waals surface area contributed by atoms with Crippen molar-refractivity contribution in [2.75, 3.05) is 5.73 Å². The summed E-state index contributed by atoms with van der Waals surface area (Å²) in [6, 6.07) is 10.9. The van der Waals surface area contributed by atoms with Crippen molar-refractivity contribution in [1.29, 1.82) is 0 Å². The Labute approximate surface area is 113 Å². The molecule has 0 atom stereocenters. The number of alkyl halides is 3. The van der Waals surface area contributed by atoms with Gasteiger partial charge in [-0.1, -0.05) is 35.9 Å². The fourth-order valence-electron chi connectivity index (χ4n) is 1.88. The van der Waals surface area contributed by atoms with Crippen LogP contribution in [0.5, 0.6) is 0 Å². The largest absolute Gasteiger partial charge is 0.418 e. The summed E-state index contributed by atoms with van der Waals surface area (Å²) in [4.78, 5) is 0. The van der Waals surface area contributed by atoms with E-state index in [1.807, 2.05) is 0 Å². The van der Waals surface area contributed by atoms with Crippen LogP contribution in [0.25, 0.3) is 0 Å². The number of benzene rings is 2. The highest BCUT2D eigenvalue weighted by Gasteiger charge is 2.33. The maximum absolute atomic E-state index is 12.7. The molecule has 0 heterocycles. The smallest absolute Gasteiger partial charge is 0.398 e. The van der Waals surface area contributed by atoms with Gasteiger partial charge in [0, 0.05) is 10.7 Å². The Morgan fingerprint density at radius 2 is 1.74 bits per heavy atom. The van der Waals surface area contributed by atoms with Gasteiger partial charge in [0.25, 0.3) is 0 Å². The maximum Gasteiger partial charge on any atom is 0.418 e. The number of para-hydroxylation sites is 1. The van der Waals surface area contributed by atoms with Crippen molar-refractivity contribution in [2.45, 2.75) is 12.6 Å². The SMILES string of the molecule is Nc1c(Cc2cccc(Cl)c2)cccc1C(F)(F)F. The lowest BCUT2D eigenvalue weighted by molar-refractivity contribution is -0.136. The summed E-state index contributed by atoms with van der Waals surface area (Å²) in [7, 11) is 0. The summed E-state index contributed by atoms with van der Waals surface area (Å²) >= 11 is 5.84. The third-order valence-corrected chi connectivity index (χ3v) is 3.02. The van der Waals surface area contributed by atoms with Crippen LogP contribution in [-0.2, 0) is 12.6 Å². The van der Waals surface area contributed by atoms with E-state index >= 15 is 0 Å². The first-order valence-corrected chi connectivity index (χ1v) is 5.95. The van der Waals surface area contributed by atoms with E-state index in [0.29, 0.717) is 17.0 Å². The molecule has 2 rings (SSSR count). The highest BCUT2D eigenvalue weighted by atomic mass is 35.5. The molecule has 0 aliphatic heterocycles. The molecule has 0 aliphatic carbocycles. The molecule has 0 aromatic heterocycles. The molecule has 0 spiro atoms. The molecular formula is C14H11ClF3N. The Morgan fingerprint density at radius 3 is 2.37 bits per heavy atom. The number of hydrogen-bond donors (Lipinski definition) is 1. The molecule has 0 saturated carbocycles. The van der Waals surface area contributed by atoms with Crippen molar-refractivity contribution in [3.63, 3.8) is 0 Å². The van der Waals surface area contributed by atoms with Crippen LogP contribution in [0, 0.1) is 0 Å². The Hall–Kier alpha value is -1.68. The first-order valence-electron chi connectivity index (χ1n) is 5.57. The van der Waals surface area contributed by atoms with Crippen molar-refractivity contribution in [3.8, 4) is 0 Å². The zero-order valence-electron chi connectivity index (χ0n) is 9.84. The molecule has 2 N–H and O–H groups in total. The third-order valence-electron chi connectivity index (χ3n) is 2.79. The molecule has 2 aromatic rings. The lowest BCUT2D eigenvalue weighted by Crippen LogP contribution is -2.10. The molecule has 0 radical (unpaired) electrons. The van der Waals surface area contributed by atoms with E-state index in [-0.39, 0.29) is 5.69 Å². The monoisotopic (exact) mass is 285 g/mol. The Balaban J connectivity index is 2.36. The van der Waals surface area contributed by atoms with Gasteiger partial charge in [-0.05, 0) is 35.7 Å². The summed E-state index contributed by atoms with van der Waals surface area (Å²) in [5.41, 5.74) is 5.84. The van der Waals surface area contributed by atoms with Gasteiger partial charge in [0.15, 0.2) is 0 Å². The van der Waals surface area contributed by atoms with Gasteiger partial charge in [-0.3, -0.25) is 0 Å². The predicted molar refractivity (Wildman–Crippen MR) is 70.1 cm³/mol. The van der Waals surface area contributed by atoms with E-state index in [1.54, 1.807) is 30.3 Å². The lowest BCUT2D eigenvalue weighted by atomic mass is 10.00. The number of rotatable bonds is 2. The average Bonchev–Trinajstić information content (AvgIpc) is 2.30. The fourth-order valence-corrected chi connectivity index (χ4v) is 2.09. The van der Waals surface area contributed by atoms with Crippen LogP contribution in [0.2, 0.25) is 5.02 Å². The van der Waals surface area contributed by atoms with Crippen LogP contribution in [0.4, 0.5) is 18.9 Å². The first-order chi connectivity index (χ1) is 8.88. The zero-order chi connectivity index (χ0) is 14.0. The summed E-state index contributed by atoms with van der Waals surface area (Å²) in [6.07, 6.45) is -4.12. The number of hydrogen-bond acceptors (Lipinski definition) is 1. The molecule has 19 heavy (non-hydrogen) atoms. The number of anilines is 1. The zero-order valence-corrected chi connectivity index (χ0v) is 10.6. The molecule has 0 amide bonds. The second-order valence-electron chi connectivity index (χ2n) is 4.18. The molecule has 0 saturated heterocycles. The van der Waals surface area contributed by atoms with Crippen molar-refractivity contribution in [3.05, 3.63) is 64.2 Å². The van der Waals surface area contributed by atoms with Crippen molar-refractivity contribution >= 4 is 17.3 Å². The highest BCUT2D eigenvalue weighted by Crippen LogP contribution is 2.35. The second kappa shape index (κ2) is 5.13. The van der Waals surface area contributed by atoms with Crippen LogP contribution >= 0.6 is 11.6 Å².